The fourth-order valence-corrected chi connectivity index (χ4v) is 1.12. The first-order chi connectivity index (χ1) is 7.31. The summed E-state index contributed by atoms with van der Waals surface area (Å²) in [6.07, 6.45) is 0. The largest absolute Gasteiger partial charge is 0.368 e. The number of halogens is 2. The number of carbonyl (C=O) groups excluding carboxylic acids is 1. The van der Waals surface area contributed by atoms with E-state index in [2.05, 4.69) is 5.32 Å². The minimum Gasteiger partial charge on any atom is -0.368 e. The van der Waals surface area contributed by atoms with Gasteiger partial charge in [0.2, 0.25) is 5.91 Å². The van der Waals surface area contributed by atoms with Crippen molar-refractivity contribution < 1.29 is 13.6 Å². The molecule has 0 bridgehead atoms. The fraction of sp³-hybridized carbons (Fsp3) is 0.364. The number of nitrogens with two attached hydrogens (primary N) is 1. The highest BCUT2D eigenvalue weighted by molar-refractivity contribution is 5.83. The lowest BCUT2D eigenvalue weighted by Crippen LogP contribution is -2.50. The Kier molecular flexibility index (Phi) is 3.59. The summed E-state index contributed by atoms with van der Waals surface area (Å²) in [7, 11) is 0. The second-order valence-electron chi connectivity index (χ2n) is 4.12. The number of primary amides is 1. The smallest absolute Gasteiger partial charge is 0.237 e. The first-order valence-electron chi connectivity index (χ1n) is 4.81. The molecule has 0 saturated heterocycles. The maximum Gasteiger partial charge on any atom is 0.237 e. The molecular weight excluding hydrogens is 214 g/mol. The predicted molar refractivity (Wildman–Crippen MR) is 56.5 cm³/mol. The van der Waals surface area contributed by atoms with E-state index in [0.717, 1.165) is 6.07 Å². The van der Waals surface area contributed by atoms with Crippen LogP contribution in [0.15, 0.2) is 18.2 Å². The molecule has 5 heteroatoms. The molecule has 0 saturated carbocycles. The van der Waals surface area contributed by atoms with E-state index in [9.17, 15) is 13.6 Å². The van der Waals surface area contributed by atoms with Gasteiger partial charge < -0.3 is 5.73 Å². The molecule has 0 fully saturated rings. The Morgan fingerprint density at radius 3 is 2.25 bits per heavy atom. The fourth-order valence-electron chi connectivity index (χ4n) is 1.12. The Morgan fingerprint density at radius 2 is 1.81 bits per heavy atom. The Bertz CT molecular complexity index is 385. The van der Waals surface area contributed by atoms with Gasteiger partial charge in [-0.15, -0.1) is 0 Å². The van der Waals surface area contributed by atoms with Crippen LogP contribution in [-0.2, 0) is 11.3 Å². The number of hydrogen-bond donors (Lipinski definition) is 2. The monoisotopic (exact) mass is 228 g/mol. The number of carbonyl (C=O) groups is 1. The van der Waals surface area contributed by atoms with Gasteiger partial charge in [0.25, 0.3) is 0 Å². The molecule has 0 spiro atoms. The molecule has 1 aromatic rings. The van der Waals surface area contributed by atoms with Gasteiger partial charge in [-0.2, -0.15) is 0 Å². The summed E-state index contributed by atoms with van der Waals surface area (Å²) in [5.74, 6) is -1.81. The van der Waals surface area contributed by atoms with Crippen LogP contribution in [0.5, 0.6) is 0 Å². The molecule has 1 aromatic carbocycles. The second kappa shape index (κ2) is 4.57. The highest BCUT2D eigenvalue weighted by Gasteiger charge is 2.23. The molecule has 16 heavy (non-hydrogen) atoms. The van der Waals surface area contributed by atoms with E-state index >= 15 is 0 Å². The maximum absolute atomic E-state index is 12.8. The van der Waals surface area contributed by atoms with Crippen LogP contribution in [-0.4, -0.2) is 11.4 Å². The summed E-state index contributed by atoms with van der Waals surface area (Å²) in [5, 5.41) is 2.82. The van der Waals surface area contributed by atoms with Crippen LogP contribution in [0.25, 0.3) is 0 Å². The van der Waals surface area contributed by atoms with E-state index < -0.39 is 23.1 Å². The molecule has 0 atom stereocenters. The molecule has 0 heterocycles. The zero-order valence-electron chi connectivity index (χ0n) is 9.18. The van der Waals surface area contributed by atoms with Gasteiger partial charge in [-0.1, -0.05) is 0 Å². The summed E-state index contributed by atoms with van der Waals surface area (Å²) >= 11 is 0. The molecule has 88 valence electrons. The lowest BCUT2D eigenvalue weighted by atomic mass is 10.0. The quantitative estimate of drug-likeness (QED) is 0.816. The average Bonchev–Trinajstić information content (AvgIpc) is 2.13. The molecule has 1 amide bonds. The molecule has 3 N–H and O–H groups in total. The van der Waals surface area contributed by atoms with Crippen molar-refractivity contribution in [3.05, 3.63) is 35.4 Å². The van der Waals surface area contributed by atoms with E-state index in [4.69, 9.17) is 5.73 Å². The highest BCUT2D eigenvalue weighted by atomic mass is 19.1. The second-order valence-corrected chi connectivity index (χ2v) is 4.12. The summed E-state index contributed by atoms with van der Waals surface area (Å²) < 4.78 is 25.7. The third-order valence-electron chi connectivity index (χ3n) is 2.27. The number of benzene rings is 1. The molecule has 0 radical (unpaired) electrons. The molecule has 1 rings (SSSR count). The summed E-state index contributed by atoms with van der Waals surface area (Å²) in [6, 6.07) is 3.20. The zero-order chi connectivity index (χ0) is 12.3. The van der Waals surface area contributed by atoms with E-state index in [-0.39, 0.29) is 6.54 Å². The van der Waals surface area contributed by atoms with Gasteiger partial charge in [0.05, 0.1) is 5.54 Å². The van der Waals surface area contributed by atoms with Crippen LogP contribution in [0.1, 0.15) is 19.4 Å². The number of nitrogens with one attached hydrogen (secondary N) is 1. The Morgan fingerprint density at radius 1 is 1.31 bits per heavy atom. The Balaban J connectivity index is 2.71. The van der Waals surface area contributed by atoms with Crippen LogP contribution < -0.4 is 11.1 Å². The normalized spacial score (nSPS) is 11.5. The first kappa shape index (κ1) is 12.6. The van der Waals surface area contributed by atoms with Crippen molar-refractivity contribution >= 4 is 5.91 Å². The Labute approximate surface area is 92.6 Å². The standard InChI is InChI=1S/C11H14F2N2O/c1-11(2,10(14)16)15-6-7-3-8(12)5-9(13)4-7/h3-5,15H,6H2,1-2H3,(H2,14,16). The van der Waals surface area contributed by atoms with Crippen LogP contribution in [0.4, 0.5) is 8.78 Å². The average molecular weight is 228 g/mol. The van der Waals surface area contributed by atoms with E-state index in [1.54, 1.807) is 13.8 Å². The van der Waals surface area contributed by atoms with Crippen molar-refractivity contribution in [1.29, 1.82) is 0 Å². The van der Waals surface area contributed by atoms with Crippen LogP contribution >= 0.6 is 0 Å². The van der Waals surface area contributed by atoms with E-state index in [1.165, 1.54) is 12.1 Å². The SMILES string of the molecule is CC(C)(NCc1cc(F)cc(F)c1)C(N)=O. The first-order valence-corrected chi connectivity index (χ1v) is 4.81. The molecular formula is C11H14F2N2O. The third kappa shape index (κ3) is 3.27. The number of rotatable bonds is 4. The van der Waals surface area contributed by atoms with Gasteiger partial charge in [-0.25, -0.2) is 8.78 Å². The van der Waals surface area contributed by atoms with Crippen molar-refractivity contribution in [2.24, 2.45) is 5.73 Å². The number of hydrogen-bond acceptors (Lipinski definition) is 2. The minimum absolute atomic E-state index is 0.171. The van der Waals surface area contributed by atoms with Gasteiger partial charge in [0.1, 0.15) is 11.6 Å². The molecule has 0 aliphatic carbocycles. The lowest BCUT2D eigenvalue weighted by molar-refractivity contribution is -0.123. The van der Waals surface area contributed by atoms with Gasteiger partial charge in [-0.3, -0.25) is 10.1 Å². The van der Waals surface area contributed by atoms with Gasteiger partial charge in [0, 0.05) is 12.6 Å². The number of amides is 1. The van der Waals surface area contributed by atoms with Crippen LogP contribution in [0.2, 0.25) is 0 Å². The van der Waals surface area contributed by atoms with Crippen LogP contribution in [0, 0.1) is 11.6 Å². The van der Waals surface area contributed by atoms with E-state index in [0.29, 0.717) is 5.56 Å². The van der Waals surface area contributed by atoms with Crippen molar-refractivity contribution in [3.63, 3.8) is 0 Å². The van der Waals surface area contributed by atoms with Gasteiger partial charge >= 0.3 is 0 Å². The molecule has 0 unspecified atom stereocenters. The highest BCUT2D eigenvalue weighted by Crippen LogP contribution is 2.09. The van der Waals surface area contributed by atoms with Crippen molar-refractivity contribution in [3.8, 4) is 0 Å². The van der Waals surface area contributed by atoms with E-state index in [1.807, 2.05) is 0 Å². The van der Waals surface area contributed by atoms with Crippen LogP contribution in [0.3, 0.4) is 0 Å². The van der Waals surface area contributed by atoms with Crippen molar-refractivity contribution in [1.82, 2.24) is 5.32 Å². The van der Waals surface area contributed by atoms with Crippen molar-refractivity contribution in [2.75, 3.05) is 0 Å². The summed E-state index contributed by atoms with van der Waals surface area (Å²) in [6.45, 7) is 3.38. The summed E-state index contributed by atoms with van der Waals surface area (Å²) in [5.41, 5.74) is 4.65. The maximum atomic E-state index is 12.8. The third-order valence-corrected chi connectivity index (χ3v) is 2.27. The molecule has 0 aliphatic rings. The Hall–Kier alpha value is -1.49. The van der Waals surface area contributed by atoms with Crippen molar-refractivity contribution in [2.45, 2.75) is 25.9 Å². The molecule has 0 aromatic heterocycles. The predicted octanol–water partition coefficient (Wildman–Crippen LogP) is 1.32. The lowest BCUT2D eigenvalue weighted by Gasteiger charge is -2.22. The van der Waals surface area contributed by atoms with Gasteiger partial charge in [0.15, 0.2) is 0 Å². The molecule has 3 nitrogen and oxygen atoms in total. The van der Waals surface area contributed by atoms with Gasteiger partial charge in [-0.05, 0) is 31.5 Å². The topological polar surface area (TPSA) is 55.1 Å². The molecule has 0 aliphatic heterocycles. The summed E-state index contributed by atoms with van der Waals surface area (Å²) in [4.78, 5) is 11.0. The minimum atomic E-state index is -0.914. The zero-order valence-corrected chi connectivity index (χ0v) is 9.18.